The van der Waals surface area contributed by atoms with Crippen molar-refractivity contribution in [3.63, 3.8) is 0 Å². The molecule has 9 nitrogen and oxygen atoms in total. The van der Waals surface area contributed by atoms with Gasteiger partial charge in [0.2, 0.25) is 5.91 Å². The molecule has 4 N–H and O–H groups in total. The minimum atomic E-state index is -0.0346. The number of nitrogens with two attached hydrogens (primary N) is 1. The highest BCUT2D eigenvalue weighted by molar-refractivity contribution is 5.92. The Morgan fingerprint density at radius 3 is 2.71 bits per heavy atom. The Morgan fingerprint density at radius 2 is 1.94 bits per heavy atom. The second kappa shape index (κ2) is 9.50. The number of methoxy groups -OCH3 is 1. The van der Waals surface area contributed by atoms with Gasteiger partial charge < -0.3 is 25.5 Å². The third-order valence-corrected chi connectivity index (χ3v) is 5.84. The Labute approximate surface area is 196 Å². The molecule has 0 atom stereocenters. The molecule has 1 amide bonds. The molecule has 2 aromatic heterocycles. The van der Waals surface area contributed by atoms with E-state index < -0.39 is 0 Å². The van der Waals surface area contributed by atoms with Crippen LogP contribution in [0.5, 0.6) is 5.75 Å². The molecular weight excluding hydrogens is 432 g/mol. The molecule has 0 spiro atoms. The first-order chi connectivity index (χ1) is 16.6. The van der Waals surface area contributed by atoms with E-state index in [4.69, 9.17) is 15.2 Å². The number of aromatic amines is 1. The quantitative estimate of drug-likeness (QED) is 0.406. The number of amides is 1. The van der Waals surface area contributed by atoms with Gasteiger partial charge in [-0.3, -0.25) is 9.69 Å². The summed E-state index contributed by atoms with van der Waals surface area (Å²) in [5, 5.41) is 2.96. The van der Waals surface area contributed by atoms with Gasteiger partial charge in [-0.15, -0.1) is 0 Å². The number of carbonyl (C=O) groups excluding carboxylic acids is 1. The average Bonchev–Trinajstić information content (AvgIpc) is 3.28. The van der Waals surface area contributed by atoms with Gasteiger partial charge in [-0.1, -0.05) is 12.1 Å². The number of hydrogen-bond donors (Lipinski definition) is 3. The molecule has 34 heavy (non-hydrogen) atoms. The number of imidazole rings is 1. The number of nitrogens with one attached hydrogen (secondary N) is 2. The molecule has 1 fully saturated rings. The van der Waals surface area contributed by atoms with E-state index in [-0.39, 0.29) is 5.91 Å². The van der Waals surface area contributed by atoms with Gasteiger partial charge in [0.05, 0.1) is 43.5 Å². The third kappa shape index (κ3) is 4.70. The third-order valence-electron chi connectivity index (χ3n) is 5.84. The number of nitrogen functional groups attached to an aromatic ring is 1. The van der Waals surface area contributed by atoms with Crippen molar-refractivity contribution in [3.05, 3.63) is 54.7 Å². The molecule has 1 aliphatic heterocycles. The summed E-state index contributed by atoms with van der Waals surface area (Å²) in [5.74, 6) is 1.75. The van der Waals surface area contributed by atoms with Crippen molar-refractivity contribution in [2.24, 2.45) is 0 Å². The molecule has 0 aliphatic carbocycles. The fourth-order valence-corrected chi connectivity index (χ4v) is 3.98. The summed E-state index contributed by atoms with van der Waals surface area (Å²) in [6, 6.07) is 15.3. The minimum Gasteiger partial charge on any atom is -0.497 e. The Balaban J connectivity index is 1.33. The lowest BCUT2D eigenvalue weighted by Gasteiger charge is -2.25. The zero-order valence-electron chi connectivity index (χ0n) is 18.9. The molecule has 3 heterocycles. The Kier molecular flexibility index (Phi) is 6.11. The lowest BCUT2D eigenvalue weighted by atomic mass is 10.0. The van der Waals surface area contributed by atoms with Crippen molar-refractivity contribution in [1.29, 1.82) is 0 Å². The van der Waals surface area contributed by atoms with Crippen LogP contribution < -0.4 is 15.8 Å². The Morgan fingerprint density at radius 1 is 1.15 bits per heavy atom. The molecule has 0 unspecified atom stereocenters. The van der Waals surface area contributed by atoms with Gasteiger partial charge in [0, 0.05) is 36.6 Å². The first kappa shape index (κ1) is 21.9. The van der Waals surface area contributed by atoms with Crippen molar-refractivity contribution >= 4 is 28.4 Å². The highest BCUT2D eigenvalue weighted by Crippen LogP contribution is 2.30. The standard InChI is InChI=1S/C25H26N6O3/c1-33-19-6-7-21-22(13-19)30-25(29-21)20-12-17(14-27-24(20)26)16-2-4-18(5-3-16)28-23(32)15-31-8-10-34-11-9-31/h2-7,12-14H,8-11,15H2,1H3,(H2,26,27)(H,28,32)(H,29,30). The zero-order valence-corrected chi connectivity index (χ0v) is 18.9. The van der Waals surface area contributed by atoms with Crippen LogP contribution in [0.3, 0.4) is 0 Å². The van der Waals surface area contributed by atoms with Crippen molar-refractivity contribution < 1.29 is 14.3 Å². The molecule has 0 saturated carbocycles. The SMILES string of the molecule is COc1ccc2nc(-c3cc(-c4ccc(NC(=O)CN5CCOCC5)cc4)cnc3N)[nH]c2c1. The number of rotatable bonds is 6. The predicted molar refractivity (Wildman–Crippen MR) is 132 cm³/mol. The van der Waals surface area contributed by atoms with E-state index in [1.165, 1.54) is 0 Å². The number of nitrogens with zero attached hydrogens (tertiary/aromatic N) is 3. The van der Waals surface area contributed by atoms with Crippen LogP contribution in [0.15, 0.2) is 54.7 Å². The maximum atomic E-state index is 12.4. The van der Waals surface area contributed by atoms with Gasteiger partial charge in [0.1, 0.15) is 17.4 Å². The topological polar surface area (TPSA) is 118 Å². The summed E-state index contributed by atoms with van der Waals surface area (Å²) in [6.07, 6.45) is 1.73. The Bertz CT molecular complexity index is 1310. The van der Waals surface area contributed by atoms with Crippen LogP contribution >= 0.6 is 0 Å². The molecule has 9 heteroatoms. The van der Waals surface area contributed by atoms with E-state index in [0.717, 1.165) is 52.3 Å². The van der Waals surface area contributed by atoms with Gasteiger partial charge in [0.15, 0.2) is 0 Å². The van der Waals surface area contributed by atoms with E-state index in [2.05, 4.69) is 25.2 Å². The van der Waals surface area contributed by atoms with Crippen molar-refractivity contribution in [2.45, 2.75) is 0 Å². The molecule has 4 aromatic rings. The number of ether oxygens (including phenoxy) is 2. The fraction of sp³-hybridized carbons (Fsp3) is 0.240. The Hall–Kier alpha value is -3.95. The summed E-state index contributed by atoms with van der Waals surface area (Å²) in [5.41, 5.74) is 11.2. The number of fused-ring (bicyclic) bond motifs is 1. The van der Waals surface area contributed by atoms with Gasteiger partial charge in [-0.25, -0.2) is 9.97 Å². The lowest BCUT2D eigenvalue weighted by Crippen LogP contribution is -2.41. The van der Waals surface area contributed by atoms with Crippen molar-refractivity contribution in [2.75, 3.05) is 51.0 Å². The number of morpholine rings is 1. The second-order valence-corrected chi connectivity index (χ2v) is 8.14. The minimum absolute atomic E-state index is 0.0346. The van der Waals surface area contributed by atoms with E-state index in [0.29, 0.717) is 31.4 Å². The number of carbonyl (C=O) groups is 1. The maximum absolute atomic E-state index is 12.4. The number of benzene rings is 2. The molecule has 5 rings (SSSR count). The number of hydrogen-bond acceptors (Lipinski definition) is 7. The number of pyridine rings is 1. The summed E-state index contributed by atoms with van der Waals surface area (Å²) in [6.45, 7) is 3.25. The normalized spacial score (nSPS) is 14.3. The predicted octanol–water partition coefficient (Wildman–Crippen LogP) is 3.15. The van der Waals surface area contributed by atoms with Crippen LogP contribution in [0.4, 0.5) is 11.5 Å². The van der Waals surface area contributed by atoms with Crippen LogP contribution in [0.2, 0.25) is 0 Å². The van der Waals surface area contributed by atoms with Gasteiger partial charge in [-0.2, -0.15) is 0 Å². The highest BCUT2D eigenvalue weighted by atomic mass is 16.5. The molecule has 0 radical (unpaired) electrons. The maximum Gasteiger partial charge on any atom is 0.238 e. The van der Waals surface area contributed by atoms with Crippen LogP contribution in [0.25, 0.3) is 33.5 Å². The van der Waals surface area contributed by atoms with Crippen molar-refractivity contribution in [1.82, 2.24) is 19.9 Å². The van der Waals surface area contributed by atoms with Crippen LogP contribution in [0.1, 0.15) is 0 Å². The molecule has 0 bridgehead atoms. The first-order valence-electron chi connectivity index (χ1n) is 11.1. The second-order valence-electron chi connectivity index (χ2n) is 8.14. The van der Waals surface area contributed by atoms with Crippen LogP contribution in [-0.2, 0) is 9.53 Å². The fourth-order valence-electron chi connectivity index (χ4n) is 3.98. The molecule has 1 saturated heterocycles. The van der Waals surface area contributed by atoms with Crippen LogP contribution in [-0.4, -0.2) is 65.7 Å². The molecule has 174 valence electrons. The number of aromatic nitrogens is 3. The largest absolute Gasteiger partial charge is 0.497 e. The van der Waals surface area contributed by atoms with Gasteiger partial charge in [-0.05, 0) is 35.9 Å². The summed E-state index contributed by atoms with van der Waals surface area (Å²) < 4.78 is 10.6. The average molecular weight is 459 g/mol. The van der Waals surface area contributed by atoms with E-state index in [1.54, 1.807) is 13.3 Å². The number of H-pyrrole nitrogens is 1. The van der Waals surface area contributed by atoms with Gasteiger partial charge in [0.25, 0.3) is 0 Å². The molecule has 2 aromatic carbocycles. The smallest absolute Gasteiger partial charge is 0.238 e. The monoisotopic (exact) mass is 458 g/mol. The zero-order chi connectivity index (χ0) is 23.5. The summed E-state index contributed by atoms with van der Waals surface area (Å²) in [7, 11) is 1.63. The van der Waals surface area contributed by atoms with E-state index in [1.807, 2.05) is 48.5 Å². The number of anilines is 2. The summed E-state index contributed by atoms with van der Waals surface area (Å²) in [4.78, 5) is 26.8. The van der Waals surface area contributed by atoms with Crippen LogP contribution in [0, 0.1) is 0 Å². The first-order valence-corrected chi connectivity index (χ1v) is 11.1. The summed E-state index contributed by atoms with van der Waals surface area (Å²) >= 11 is 0. The molecule has 1 aliphatic rings. The van der Waals surface area contributed by atoms with Crippen molar-refractivity contribution in [3.8, 4) is 28.3 Å². The lowest BCUT2D eigenvalue weighted by molar-refractivity contribution is -0.118. The van der Waals surface area contributed by atoms with E-state index >= 15 is 0 Å². The highest BCUT2D eigenvalue weighted by Gasteiger charge is 2.15. The van der Waals surface area contributed by atoms with Gasteiger partial charge >= 0.3 is 0 Å². The van der Waals surface area contributed by atoms with E-state index in [9.17, 15) is 4.79 Å². The molecular formula is C25H26N6O3.